The summed E-state index contributed by atoms with van der Waals surface area (Å²) in [6.07, 6.45) is 0. The summed E-state index contributed by atoms with van der Waals surface area (Å²) in [5.41, 5.74) is 7.72. The van der Waals surface area contributed by atoms with Gasteiger partial charge in [-0.15, -0.1) is 0 Å². The van der Waals surface area contributed by atoms with Crippen LogP contribution >= 0.6 is 0 Å². The highest BCUT2D eigenvalue weighted by atomic mass is 28.3. The first-order valence-electron chi connectivity index (χ1n) is 10.3. The maximum absolute atomic E-state index is 13.4. The van der Waals surface area contributed by atoms with Crippen LogP contribution in [-0.4, -0.2) is 18.8 Å². The maximum atomic E-state index is 13.4. The third-order valence-corrected chi connectivity index (χ3v) is 7.71. The molecular formula is C27H23NOSi. The Morgan fingerprint density at radius 1 is 0.600 bits per heavy atom. The summed E-state index contributed by atoms with van der Waals surface area (Å²) in [7, 11) is -1.87. The first-order valence-corrected chi connectivity index (χ1v) is 13.8. The van der Waals surface area contributed by atoms with E-state index < -0.39 is 8.07 Å². The van der Waals surface area contributed by atoms with Crippen molar-refractivity contribution in [2.45, 2.75) is 19.6 Å². The molecule has 1 aromatic heterocycles. The number of nitrogens with zero attached hydrogens (tertiary/aromatic N) is 1. The van der Waals surface area contributed by atoms with Gasteiger partial charge in [0.15, 0.2) is 0 Å². The standard InChI is InChI=1S/C27H23NOSi/c1-30(2,3)27-22(18-12-6-4-7-13-18)24(19-14-8-5-9-15-19)28-25-23(27)20-16-10-11-17-21(20)26(25)29/h4-17H,1-3H3. The molecule has 0 aliphatic heterocycles. The van der Waals surface area contributed by atoms with Crippen LogP contribution in [0.5, 0.6) is 0 Å². The predicted octanol–water partition coefficient (Wildman–Crippen LogP) is 6.17. The van der Waals surface area contributed by atoms with Crippen molar-refractivity contribution >= 4 is 19.0 Å². The van der Waals surface area contributed by atoms with Gasteiger partial charge in [-0.05, 0) is 16.3 Å². The smallest absolute Gasteiger partial charge is 0.212 e. The van der Waals surface area contributed by atoms with Crippen molar-refractivity contribution in [1.82, 2.24) is 4.98 Å². The highest BCUT2D eigenvalue weighted by Crippen LogP contribution is 2.41. The largest absolute Gasteiger partial charge is 0.287 e. The summed E-state index contributed by atoms with van der Waals surface area (Å²) in [5.74, 6) is 0.0388. The van der Waals surface area contributed by atoms with Gasteiger partial charge in [-0.3, -0.25) is 4.79 Å². The quantitative estimate of drug-likeness (QED) is 0.336. The first-order chi connectivity index (χ1) is 14.5. The monoisotopic (exact) mass is 405 g/mol. The molecule has 5 rings (SSSR count). The molecule has 0 spiro atoms. The second kappa shape index (κ2) is 6.89. The molecule has 0 radical (unpaired) electrons. The van der Waals surface area contributed by atoms with E-state index in [0.717, 1.165) is 33.5 Å². The number of carbonyl (C=O) groups excluding carboxylic acids is 1. The van der Waals surface area contributed by atoms with Gasteiger partial charge in [0.05, 0.1) is 13.8 Å². The fraction of sp³-hybridized carbons (Fsp3) is 0.111. The Balaban J connectivity index is 1.98. The summed E-state index contributed by atoms with van der Waals surface area (Å²) in [6.45, 7) is 7.07. The van der Waals surface area contributed by atoms with Gasteiger partial charge in [0.2, 0.25) is 5.78 Å². The second-order valence-corrected chi connectivity index (χ2v) is 13.8. The highest BCUT2D eigenvalue weighted by Gasteiger charge is 2.37. The molecule has 0 fully saturated rings. The molecule has 3 heteroatoms. The predicted molar refractivity (Wildman–Crippen MR) is 127 cm³/mol. The fourth-order valence-corrected chi connectivity index (χ4v) is 6.50. The molecule has 1 aliphatic rings. The van der Waals surface area contributed by atoms with Crippen LogP contribution < -0.4 is 5.19 Å². The molecule has 0 bridgehead atoms. The van der Waals surface area contributed by atoms with E-state index in [1.165, 1.54) is 10.8 Å². The topological polar surface area (TPSA) is 30.0 Å². The Hall–Kier alpha value is -3.30. The van der Waals surface area contributed by atoms with E-state index in [-0.39, 0.29) is 5.78 Å². The van der Waals surface area contributed by atoms with Crippen LogP contribution in [0.15, 0.2) is 84.9 Å². The summed E-state index contributed by atoms with van der Waals surface area (Å²) >= 11 is 0. The Morgan fingerprint density at radius 2 is 1.13 bits per heavy atom. The number of aromatic nitrogens is 1. The summed E-state index contributed by atoms with van der Waals surface area (Å²) in [6, 6.07) is 28.7. The van der Waals surface area contributed by atoms with Gasteiger partial charge in [0, 0.05) is 22.3 Å². The number of rotatable bonds is 3. The Kier molecular flexibility index (Phi) is 4.30. The molecule has 0 atom stereocenters. The summed E-state index contributed by atoms with van der Waals surface area (Å²) in [4.78, 5) is 18.4. The molecule has 3 aromatic carbocycles. The zero-order valence-corrected chi connectivity index (χ0v) is 18.4. The van der Waals surface area contributed by atoms with Gasteiger partial charge in [-0.25, -0.2) is 4.98 Å². The minimum atomic E-state index is -1.87. The number of pyridine rings is 1. The zero-order chi connectivity index (χ0) is 20.9. The third-order valence-electron chi connectivity index (χ3n) is 5.71. The maximum Gasteiger partial charge on any atom is 0.212 e. The lowest BCUT2D eigenvalue weighted by Crippen LogP contribution is -2.41. The Labute approximate surface area is 178 Å². The van der Waals surface area contributed by atoms with Crippen LogP contribution in [-0.2, 0) is 0 Å². The van der Waals surface area contributed by atoms with Gasteiger partial charge in [0.1, 0.15) is 5.69 Å². The second-order valence-electron chi connectivity index (χ2n) is 8.79. The molecule has 0 saturated carbocycles. The van der Waals surface area contributed by atoms with Crippen molar-refractivity contribution in [3.8, 4) is 33.5 Å². The van der Waals surface area contributed by atoms with Gasteiger partial charge < -0.3 is 0 Å². The van der Waals surface area contributed by atoms with Crippen molar-refractivity contribution in [3.63, 3.8) is 0 Å². The average molecular weight is 406 g/mol. The Bertz CT molecular complexity index is 1270. The number of hydrogen-bond acceptors (Lipinski definition) is 2. The summed E-state index contributed by atoms with van der Waals surface area (Å²) in [5, 5.41) is 1.32. The molecule has 0 N–H and O–H groups in total. The number of benzene rings is 3. The molecule has 2 nitrogen and oxygen atoms in total. The van der Waals surface area contributed by atoms with E-state index >= 15 is 0 Å². The normalized spacial score (nSPS) is 12.6. The third kappa shape index (κ3) is 2.85. The van der Waals surface area contributed by atoms with E-state index in [1.807, 2.05) is 42.5 Å². The van der Waals surface area contributed by atoms with Gasteiger partial charge in [0.25, 0.3) is 0 Å². The van der Waals surface area contributed by atoms with E-state index in [0.29, 0.717) is 5.69 Å². The number of carbonyl (C=O) groups is 1. The lowest BCUT2D eigenvalue weighted by molar-refractivity contribution is 0.103. The lowest BCUT2D eigenvalue weighted by atomic mass is 9.95. The number of fused-ring (bicyclic) bond motifs is 3. The van der Waals surface area contributed by atoms with Gasteiger partial charge in [-0.1, -0.05) is 105 Å². The van der Waals surface area contributed by atoms with Crippen LogP contribution in [0.3, 0.4) is 0 Å². The molecular weight excluding hydrogens is 382 g/mol. The van der Waals surface area contributed by atoms with Crippen LogP contribution in [0.25, 0.3) is 33.5 Å². The van der Waals surface area contributed by atoms with E-state index in [2.05, 4.69) is 62.1 Å². The van der Waals surface area contributed by atoms with Crippen LogP contribution in [0.1, 0.15) is 16.1 Å². The fourth-order valence-electron chi connectivity index (χ4n) is 4.48. The highest BCUT2D eigenvalue weighted by molar-refractivity contribution is 6.91. The molecule has 146 valence electrons. The molecule has 0 amide bonds. The van der Waals surface area contributed by atoms with Crippen molar-refractivity contribution in [3.05, 3.63) is 96.2 Å². The van der Waals surface area contributed by atoms with Crippen LogP contribution in [0.2, 0.25) is 19.6 Å². The molecule has 0 saturated heterocycles. The lowest BCUT2D eigenvalue weighted by Gasteiger charge is -2.27. The molecule has 4 aromatic rings. The molecule has 0 unspecified atom stereocenters. The van der Waals surface area contributed by atoms with Crippen molar-refractivity contribution < 1.29 is 4.79 Å². The van der Waals surface area contributed by atoms with Gasteiger partial charge >= 0.3 is 0 Å². The first kappa shape index (κ1) is 18.7. The van der Waals surface area contributed by atoms with E-state index in [4.69, 9.17) is 4.98 Å². The van der Waals surface area contributed by atoms with Crippen molar-refractivity contribution in [2.24, 2.45) is 0 Å². The van der Waals surface area contributed by atoms with Crippen molar-refractivity contribution in [2.75, 3.05) is 0 Å². The van der Waals surface area contributed by atoms with Crippen molar-refractivity contribution in [1.29, 1.82) is 0 Å². The zero-order valence-electron chi connectivity index (χ0n) is 17.4. The molecule has 1 aliphatic carbocycles. The number of ketones is 1. The SMILES string of the molecule is C[Si](C)(C)c1c2c(nc(-c3ccccc3)c1-c1ccccc1)C(=O)c1ccccc1-2. The van der Waals surface area contributed by atoms with Gasteiger partial charge in [-0.2, -0.15) is 0 Å². The Morgan fingerprint density at radius 3 is 1.73 bits per heavy atom. The number of hydrogen-bond donors (Lipinski definition) is 0. The van der Waals surface area contributed by atoms with Crippen LogP contribution in [0.4, 0.5) is 0 Å². The minimum Gasteiger partial charge on any atom is -0.287 e. The minimum absolute atomic E-state index is 0.0388. The van der Waals surface area contributed by atoms with E-state index in [1.54, 1.807) is 0 Å². The van der Waals surface area contributed by atoms with Crippen LogP contribution in [0, 0.1) is 0 Å². The molecule has 30 heavy (non-hydrogen) atoms. The summed E-state index contributed by atoms with van der Waals surface area (Å²) < 4.78 is 0. The average Bonchev–Trinajstić information content (AvgIpc) is 3.05. The van der Waals surface area contributed by atoms with E-state index in [9.17, 15) is 4.79 Å². The molecule has 1 heterocycles.